The summed E-state index contributed by atoms with van der Waals surface area (Å²) in [7, 11) is 0. The molecule has 2 aliphatic rings. The maximum Gasteiger partial charge on any atom is 0.265 e. The van der Waals surface area contributed by atoms with Crippen molar-refractivity contribution in [3.8, 4) is 11.3 Å². The molecule has 8 heteroatoms. The smallest absolute Gasteiger partial charge is 0.265 e. The Morgan fingerprint density at radius 2 is 1.94 bits per heavy atom. The summed E-state index contributed by atoms with van der Waals surface area (Å²) >= 11 is 0. The van der Waals surface area contributed by atoms with Gasteiger partial charge in [-0.1, -0.05) is 11.6 Å². The van der Waals surface area contributed by atoms with E-state index in [-0.39, 0.29) is 17.3 Å². The second-order valence-electron chi connectivity index (χ2n) is 9.27. The van der Waals surface area contributed by atoms with Crippen molar-refractivity contribution in [1.29, 1.82) is 0 Å². The van der Waals surface area contributed by atoms with Crippen LogP contribution in [0.2, 0.25) is 0 Å². The molecule has 1 saturated heterocycles. The molecule has 1 N–H and O–H groups in total. The molecule has 0 radical (unpaired) electrons. The zero-order chi connectivity index (χ0) is 24.4. The van der Waals surface area contributed by atoms with Crippen molar-refractivity contribution in [2.75, 3.05) is 18.4 Å². The van der Waals surface area contributed by atoms with E-state index in [1.165, 1.54) is 54.9 Å². The summed E-state index contributed by atoms with van der Waals surface area (Å²) in [6.45, 7) is 4.03. The highest BCUT2D eigenvalue weighted by Crippen LogP contribution is 2.35. The molecule has 1 aliphatic carbocycles. The Morgan fingerprint density at radius 1 is 1.09 bits per heavy atom. The minimum absolute atomic E-state index is 0.0960. The Morgan fingerprint density at radius 3 is 2.69 bits per heavy atom. The maximum absolute atomic E-state index is 13.8. The van der Waals surface area contributed by atoms with Crippen LogP contribution in [0.4, 0.5) is 24.7 Å². The van der Waals surface area contributed by atoms with Gasteiger partial charge in [-0.3, -0.25) is 4.98 Å². The van der Waals surface area contributed by atoms with E-state index >= 15 is 0 Å². The number of aromatic nitrogens is 3. The van der Waals surface area contributed by atoms with Crippen molar-refractivity contribution in [3.63, 3.8) is 0 Å². The third kappa shape index (κ3) is 5.31. The summed E-state index contributed by atoms with van der Waals surface area (Å²) in [6, 6.07) is 9.24. The molecule has 182 valence electrons. The van der Waals surface area contributed by atoms with E-state index in [4.69, 9.17) is 9.97 Å². The number of nitrogens with one attached hydrogen (secondary N) is 1. The summed E-state index contributed by atoms with van der Waals surface area (Å²) in [6.07, 6.45) is 5.65. The van der Waals surface area contributed by atoms with Gasteiger partial charge in [0, 0.05) is 60.0 Å². The lowest BCUT2D eigenvalue weighted by Gasteiger charge is -2.37. The first-order valence-corrected chi connectivity index (χ1v) is 12.0. The number of alkyl halides is 2. The van der Waals surface area contributed by atoms with Gasteiger partial charge < -0.3 is 10.2 Å². The van der Waals surface area contributed by atoms with Crippen LogP contribution in [0.15, 0.2) is 60.1 Å². The monoisotopic (exact) mass is 479 g/mol. The van der Waals surface area contributed by atoms with Crippen LogP contribution < -0.4 is 5.32 Å². The van der Waals surface area contributed by atoms with E-state index in [0.717, 1.165) is 32.1 Å². The van der Waals surface area contributed by atoms with Crippen molar-refractivity contribution in [3.05, 3.63) is 77.3 Å². The van der Waals surface area contributed by atoms with Gasteiger partial charge in [0.1, 0.15) is 17.5 Å². The molecular formula is C27H28F3N5. The van der Waals surface area contributed by atoms with Crippen LogP contribution >= 0.6 is 0 Å². The van der Waals surface area contributed by atoms with E-state index in [0.29, 0.717) is 28.6 Å². The van der Waals surface area contributed by atoms with E-state index in [1.54, 1.807) is 18.2 Å². The normalized spacial score (nSPS) is 17.9. The Balaban J connectivity index is 1.50. The van der Waals surface area contributed by atoms with Gasteiger partial charge in [-0.05, 0) is 63.3 Å². The molecule has 1 aromatic carbocycles. The number of nitrogens with zero attached hydrogens (tertiary/aromatic N) is 4. The molecule has 3 aromatic rings. The predicted molar refractivity (Wildman–Crippen MR) is 130 cm³/mol. The number of rotatable bonds is 6. The molecule has 5 nitrogen and oxygen atoms in total. The van der Waals surface area contributed by atoms with Crippen molar-refractivity contribution >= 4 is 11.5 Å². The SMILES string of the molecule is CC(=C1CCC1)N1CCCC(c2nc(Nc3cccc(F)c3)cc(-c3cncc(C(F)F)c3)n2)C1. The fraction of sp³-hybridized carbons (Fsp3) is 0.370. The van der Waals surface area contributed by atoms with Gasteiger partial charge in [0.2, 0.25) is 0 Å². The highest BCUT2D eigenvalue weighted by molar-refractivity contribution is 5.65. The zero-order valence-electron chi connectivity index (χ0n) is 19.6. The van der Waals surface area contributed by atoms with Gasteiger partial charge in [-0.2, -0.15) is 0 Å². The largest absolute Gasteiger partial charge is 0.374 e. The predicted octanol–water partition coefficient (Wildman–Crippen LogP) is 7.00. The van der Waals surface area contributed by atoms with Crippen LogP contribution in [-0.4, -0.2) is 32.9 Å². The highest BCUT2D eigenvalue weighted by Gasteiger charge is 2.27. The Kier molecular flexibility index (Phi) is 6.70. The van der Waals surface area contributed by atoms with E-state index < -0.39 is 6.43 Å². The summed E-state index contributed by atoms with van der Waals surface area (Å²) in [5.41, 5.74) is 4.29. The van der Waals surface area contributed by atoms with Crippen LogP contribution in [0.5, 0.6) is 0 Å². The number of halogens is 3. The number of allylic oxidation sites excluding steroid dienone is 2. The van der Waals surface area contributed by atoms with Gasteiger partial charge in [0.05, 0.1) is 5.69 Å². The topological polar surface area (TPSA) is 53.9 Å². The highest BCUT2D eigenvalue weighted by atomic mass is 19.3. The van der Waals surface area contributed by atoms with Crippen LogP contribution in [-0.2, 0) is 0 Å². The van der Waals surface area contributed by atoms with Gasteiger partial charge in [-0.25, -0.2) is 23.1 Å². The third-order valence-corrected chi connectivity index (χ3v) is 6.88. The Labute approximate surface area is 203 Å². The van der Waals surface area contributed by atoms with Crippen molar-refractivity contribution in [2.24, 2.45) is 0 Å². The quantitative estimate of drug-likeness (QED) is 0.413. The lowest BCUT2D eigenvalue weighted by molar-refractivity contribution is 0.151. The summed E-state index contributed by atoms with van der Waals surface area (Å²) in [5, 5.41) is 3.16. The number of piperidine rings is 1. The average molecular weight is 480 g/mol. The third-order valence-electron chi connectivity index (χ3n) is 6.88. The van der Waals surface area contributed by atoms with Crippen LogP contribution in [0.3, 0.4) is 0 Å². The standard InChI is InChI=1S/C27H28F3N5/c1-17(18-5-2-6-18)35-10-4-7-19(16-35)27-33-24(20-11-21(26(29)30)15-31-14-20)13-25(34-27)32-23-9-3-8-22(28)12-23/h3,8-9,11-15,19,26H,2,4-7,10,16H2,1H3,(H,32,33,34). The van der Waals surface area contributed by atoms with Crippen LogP contribution in [0.25, 0.3) is 11.3 Å². The summed E-state index contributed by atoms with van der Waals surface area (Å²) in [5.74, 6) is 0.878. The number of pyridine rings is 1. The molecule has 1 atom stereocenters. The molecule has 1 aliphatic heterocycles. The molecule has 5 rings (SSSR count). The first-order valence-electron chi connectivity index (χ1n) is 12.0. The lowest BCUT2D eigenvalue weighted by atomic mass is 9.89. The molecule has 1 unspecified atom stereocenters. The molecular weight excluding hydrogens is 451 g/mol. The molecule has 2 fully saturated rings. The number of benzene rings is 1. The second-order valence-corrected chi connectivity index (χ2v) is 9.27. The van der Waals surface area contributed by atoms with Crippen LogP contribution in [0, 0.1) is 5.82 Å². The average Bonchev–Trinajstić information content (AvgIpc) is 2.83. The van der Waals surface area contributed by atoms with Crippen LogP contribution in [0.1, 0.15) is 62.8 Å². The minimum Gasteiger partial charge on any atom is -0.374 e. The van der Waals surface area contributed by atoms with E-state index in [9.17, 15) is 13.2 Å². The minimum atomic E-state index is -2.62. The first-order chi connectivity index (χ1) is 17.0. The molecule has 35 heavy (non-hydrogen) atoms. The number of hydrogen-bond donors (Lipinski definition) is 1. The van der Waals surface area contributed by atoms with E-state index in [1.807, 2.05) is 0 Å². The maximum atomic E-state index is 13.8. The molecule has 3 heterocycles. The second kappa shape index (κ2) is 10.1. The van der Waals surface area contributed by atoms with E-state index in [2.05, 4.69) is 22.1 Å². The number of likely N-dealkylation sites (tertiary alicyclic amines) is 1. The molecule has 0 amide bonds. The Hall–Kier alpha value is -3.42. The number of hydrogen-bond acceptors (Lipinski definition) is 5. The fourth-order valence-corrected chi connectivity index (χ4v) is 4.72. The number of anilines is 2. The molecule has 1 saturated carbocycles. The Bertz CT molecular complexity index is 1240. The van der Waals surface area contributed by atoms with Gasteiger partial charge >= 0.3 is 0 Å². The van der Waals surface area contributed by atoms with Gasteiger partial charge in [0.25, 0.3) is 6.43 Å². The summed E-state index contributed by atoms with van der Waals surface area (Å²) < 4.78 is 40.4. The zero-order valence-corrected chi connectivity index (χ0v) is 19.6. The van der Waals surface area contributed by atoms with Crippen molar-refractivity contribution in [1.82, 2.24) is 19.9 Å². The van der Waals surface area contributed by atoms with Gasteiger partial charge in [0.15, 0.2) is 0 Å². The fourth-order valence-electron chi connectivity index (χ4n) is 4.72. The molecule has 0 bridgehead atoms. The molecule has 2 aromatic heterocycles. The van der Waals surface area contributed by atoms with Crippen molar-refractivity contribution < 1.29 is 13.2 Å². The van der Waals surface area contributed by atoms with Crippen molar-refractivity contribution in [2.45, 2.75) is 51.4 Å². The lowest BCUT2D eigenvalue weighted by Crippen LogP contribution is -2.35. The molecule has 0 spiro atoms. The first kappa shape index (κ1) is 23.3. The van der Waals surface area contributed by atoms with Gasteiger partial charge in [-0.15, -0.1) is 0 Å². The summed E-state index contributed by atoms with van der Waals surface area (Å²) in [4.78, 5) is 16.0.